The fourth-order valence-electron chi connectivity index (χ4n) is 7.60. The van der Waals surface area contributed by atoms with Crippen LogP contribution in [0.15, 0.2) is 52.2 Å². The SMILES string of the molecule is CN1CCC23c4c5ccc(C(=O)NCCc6ccc(-c7c[nH]c(=O)[nH]c7=O)cc6)c4O[C@H]2C(=O)CCC3[C@H]1C5. The number of aromatic amines is 2. The van der Waals surface area contributed by atoms with Crippen molar-refractivity contribution in [1.29, 1.82) is 0 Å². The van der Waals surface area contributed by atoms with E-state index < -0.39 is 17.4 Å². The summed E-state index contributed by atoms with van der Waals surface area (Å²) in [5.41, 5.74) is 3.64. The second-order valence-electron chi connectivity index (χ2n) is 11.3. The van der Waals surface area contributed by atoms with E-state index in [0.29, 0.717) is 53.8 Å². The number of carbonyl (C=O) groups excluding carboxylic acids is 2. The molecule has 2 fully saturated rings. The van der Waals surface area contributed by atoms with Crippen molar-refractivity contribution in [3.63, 3.8) is 0 Å². The molecule has 9 heteroatoms. The van der Waals surface area contributed by atoms with Crippen molar-refractivity contribution in [3.05, 3.63) is 85.7 Å². The first kappa shape index (κ1) is 24.1. The third-order valence-electron chi connectivity index (χ3n) is 9.43. The minimum absolute atomic E-state index is 0.164. The number of ether oxygens (including phenoxy) is 1. The molecule has 4 aliphatic rings. The van der Waals surface area contributed by atoms with Gasteiger partial charge in [0.15, 0.2) is 11.9 Å². The van der Waals surface area contributed by atoms with E-state index in [1.165, 1.54) is 11.8 Å². The molecule has 1 aromatic heterocycles. The minimum Gasteiger partial charge on any atom is -0.481 e. The molecule has 2 bridgehead atoms. The van der Waals surface area contributed by atoms with Crippen molar-refractivity contribution in [2.24, 2.45) is 5.92 Å². The third-order valence-corrected chi connectivity index (χ3v) is 9.43. The Morgan fingerprint density at radius 1 is 1.15 bits per heavy atom. The van der Waals surface area contributed by atoms with Crippen molar-refractivity contribution in [1.82, 2.24) is 20.2 Å². The molecule has 1 saturated heterocycles. The van der Waals surface area contributed by atoms with E-state index in [0.717, 1.165) is 36.9 Å². The van der Waals surface area contributed by atoms with E-state index in [1.807, 2.05) is 30.3 Å². The van der Waals surface area contributed by atoms with Gasteiger partial charge in [-0.05, 0) is 68.0 Å². The Balaban J connectivity index is 1.10. The number of nitrogens with zero attached hydrogens (tertiary/aromatic N) is 1. The molecule has 7 rings (SSSR count). The minimum atomic E-state index is -0.542. The monoisotopic (exact) mass is 526 g/mol. The van der Waals surface area contributed by atoms with Gasteiger partial charge in [-0.15, -0.1) is 0 Å². The van der Waals surface area contributed by atoms with Gasteiger partial charge in [-0.3, -0.25) is 19.4 Å². The predicted molar refractivity (Wildman–Crippen MR) is 144 cm³/mol. The first-order chi connectivity index (χ1) is 18.9. The number of hydrogen-bond acceptors (Lipinski definition) is 6. The molecule has 39 heavy (non-hydrogen) atoms. The van der Waals surface area contributed by atoms with Crippen LogP contribution in [0.1, 0.15) is 46.3 Å². The fourth-order valence-corrected chi connectivity index (χ4v) is 7.60. The average molecular weight is 527 g/mol. The molecule has 1 amide bonds. The van der Waals surface area contributed by atoms with Crippen LogP contribution in [-0.4, -0.2) is 58.8 Å². The highest BCUT2D eigenvalue weighted by atomic mass is 16.5. The number of H-pyrrole nitrogens is 2. The summed E-state index contributed by atoms with van der Waals surface area (Å²) in [7, 11) is 2.18. The van der Waals surface area contributed by atoms with Crippen molar-refractivity contribution in [2.45, 2.75) is 49.7 Å². The lowest BCUT2D eigenvalue weighted by atomic mass is 9.51. The lowest BCUT2D eigenvalue weighted by molar-refractivity contribution is -0.138. The zero-order chi connectivity index (χ0) is 26.9. The van der Waals surface area contributed by atoms with Gasteiger partial charge in [0.25, 0.3) is 11.5 Å². The van der Waals surface area contributed by atoms with Gasteiger partial charge in [0.2, 0.25) is 0 Å². The second-order valence-corrected chi connectivity index (χ2v) is 11.3. The Labute approximate surface area is 224 Å². The number of rotatable bonds is 5. The van der Waals surface area contributed by atoms with Gasteiger partial charge in [-0.2, -0.15) is 0 Å². The Morgan fingerprint density at radius 3 is 2.77 bits per heavy atom. The van der Waals surface area contributed by atoms with Crippen molar-refractivity contribution in [2.75, 3.05) is 20.1 Å². The number of ketones is 1. The van der Waals surface area contributed by atoms with E-state index in [9.17, 15) is 19.2 Å². The molecule has 2 aromatic carbocycles. The highest BCUT2D eigenvalue weighted by Crippen LogP contribution is 2.61. The highest BCUT2D eigenvalue weighted by Gasteiger charge is 2.65. The number of Topliss-reactive ketones (excluding diaryl/α,β-unsaturated/α-hetero) is 1. The zero-order valence-electron chi connectivity index (χ0n) is 21.7. The maximum atomic E-state index is 13.4. The van der Waals surface area contributed by atoms with Crippen LogP contribution in [0.25, 0.3) is 11.1 Å². The summed E-state index contributed by atoms with van der Waals surface area (Å²) in [6, 6.07) is 11.8. The first-order valence-electron chi connectivity index (χ1n) is 13.6. The molecule has 9 nitrogen and oxygen atoms in total. The van der Waals surface area contributed by atoms with Crippen LogP contribution in [-0.2, 0) is 23.1 Å². The largest absolute Gasteiger partial charge is 0.481 e. The quantitative estimate of drug-likeness (QED) is 0.467. The number of likely N-dealkylation sites (tertiary alicyclic amines) is 1. The molecule has 2 aliphatic heterocycles. The number of hydrogen-bond donors (Lipinski definition) is 3. The molecule has 200 valence electrons. The molecule has 3 aromatic rings. The van der Waals surface area contributed by atoms with E-state index in [-0.39, 0.29) is 17.1 Å². The number of nitrogens with one attached hydrogen (secondary N) is 3. The summed E-state index contributed by atoms with van der Waals surface area (Å²) < 4.78 is 6.44. The van der Waals surface area contributed by atoms with Crippen molar-refractivity contribution in [3.8, 4) is 16.9 Å². The maximum Gasteiger partial charge on any atom is 0.325 e. The van der Waals surface area contributed by atoms with Crippen molar-refractivity contribution < 1.29 is 14.3 Å². The van der Waals surface area contributed by atoms with Gasteiger partial charge in [0.05, 0.1) is 11.1 Å². The van der Waals surface area contributed by atoms with E-state index >= 15 is 0 Å². The van der Waals surface area contributed by atoms with Gasteiger partial charge < -0.3 is 19.9 Å². The Bertz CT molecular complexity index is 1620. The van der Waals surface area contributed by atoms with E-state index in [1.54, 1.807) is 0 Å². The lowest BCUT2D eigenvalue weighted by Crippen LogP contribution is -2.65. The normalized spacial score (nSPS) is 26.6. The molecule has 0 radical (unpaired) electrons. The Kier molecular flexibility index (Phi) is 5.42. The molecule has 4 atom stereocenters. The first-order valence-corrected chi connectivity index (χ1v) is 13.6. The molecular formula is C30H30N4O5. The fraction of sp³-hybridized carbons (Fsp3) is 0.400. The lowest BCUT2D eigenvalue weighted by Gasteiger charge is -2.57. The number of amides is 1. The average Bonchev–Trinajstić information content (AvgIpc) is 3.28. The smallest absolute Gasteiger partial charge is 0.325 e. The summed E-state index contributed by atoms with van der Waals surface area (Å²) in [5.74, 6) is 0.963. The second kappa shape index (κ2) is 8.77. The van der Waals surface area contributed by atoms with Gasteiger partial charge in [0.1, 0.15) is 5.75 Å². The summed E-state index contributed by atoms with van der Waals surface area (Å²) in [5, 5.41) is 3.03. The van der Waals surface area contributed by atoms with Crippen LogP contribution < -0.4 is 21.3 Å². The van der Waals surface area contributed by atoms with Crippen LogP contribution in [0.3, 0.4) is 0 Å². The van der Waals surface area contributed by atoms with Crippen LogP contribution in [0.5, 0.6) is 5.75 Å². The molecule has 3 N–H and O–H groups in total. The zero-order valence-corrected chi connectivity index (χ0v) is 21.7. The molecule has 3 heterocycles. The van der Waals surface area contributed by atoms with Gasteiger partial charge in [-0.1, -0.05) is 30.3 Å². The van der Waals surface area contributed by atoms with Gasteiger partial charge >= 0.3 is 5.69 Å². The van der Waals surface area contributed by atoms with Crippen LogP contribution in [0.4, 0.5) is 0 Å². The molecule has 1 saturated carbocycles. The van der Waals surface area contributed by atoms with E-state index in [4.69, 9.17) is 4.74 Å². The maximum absolute atomic E-state index is 13.4. The predicted octanol–water partition coefficient (Wildman–Crippen LogP) is 1.94. The number of carbonyl (C=O) groups is 2. The summed E-state index contributed by atoms with van der Waals surface area (Å²) in [6.45, 7) is 1.36. The number of piperidine rings is 1. The number of likely N-dealkylation sites (N-methyl/N-ethyl adjacent to an activating group) is 1. The third kappa shape index (κ3) is 3.56. The molecule has 2 aliphatic carbocycles. The summed E-state index contributed by atoms with van der Waals surface area (Å²) in [6.07, 6.45) is 4.77. The molecule has 1 spiro atoms. The molecule has 2 unspecified atom stereocenters. The molecular weight excluding hydrogens is 496 g/mol. The Hall–Kier alpha value is -3.98. The standard InChI is InChI=1S/C30H30N4O5/c1-34-13-11-30-21-8-9-23(35)26(30)39-25-19(7-6-18(24(25)30)14-22(21)34)27(36)31-12-10-16-2-4-17(5-3-16)20-15-32-29(38)33-28(20)37/h2-7,15,21-22,26H,8-14H2,1H3,(H,31,36)(H2,32,33,37,38)/t21?,22-,26+,30?/m1/s1. The van der Waals surface area contributed by atoms with Crippen LogP contribution in [0, 0.1) is 5.92 Å². The van der Waals surface area contributed by atoms with Crippen LogP contribution in [0.2, 0.25) is 0 Å². The van der Waals surface area contributed by atoms with Crippen molar-refractivity contribution >= 4 is 11.7 Å². The Morgan fingerprint density at radius 2 is 1.97 bits per heavy atom. The van der Waals surface area contributed by atoms with Gasteiger partial charge in [-0.25, -0.2) is 4.79 Å². The summed E-state index contributed by atoms with van der Waals surface area (Å²) in [4.78, 5) is 56.9. The number of aromatic nitrogens is 2. The highest BCUT2D eigenvalue weighted by molar-refractivity contribution is 5.99. The van der Waals surface area contributed by atoms with Gasteiger partial charge in [0, 0.05) is 36.2 Å². The number of benzene rings is 2. The topological polar surface area (TPSA) is 124 Å². The summed E-state index contributed by atoms with van der Waals surface area (Å²) >= 11 is 0. The van der Waals surface area contributed by atoms with Crippen LogP contribution >= 0.6 is 0 Å². The van der Waals surface area contributed by atoms with E-state index in [2.05, 4.69) is 33.3 Å².